The molecule has 3 rings (SSSR count). The summed E-state index contributed by atoms with van der Waals surface area (Å²) in [4.78, 5) is 18.9. The molecule has 2 aromatic heterocycles. The van der Waals surface area contributed by atoms with Crippen molar-refractivity contribution in [1.29, 1.82) is 0 Å². The van der Waals surface area contributed by atoms with E-state index in [0.29, 0.717) is 12.3 Å². The normalized spacial score (nSPS) is 18.3. The highest BCUT2D eigenvalue weighted by Crippen LogP contribution is 2.22. The largest absolute Gasteiger partial charge is 0.378 e. The Bertz CT molecular complexity index is 596. The third-order valence-electron chi connectivity index (χ3n) is 3.63. The number of likely N-dealkylation sites (tertiary alicyclic amines) is 1. The topological polar surface area (TPSA) is 60.2 Å². The standard InChI is InChI=1S/C14H18N4O2S/c1-20-9-13-16-12(10-21-13)14(19)18-7-2-4-11(18)8-17-6-3-5-15-17/h3,5-6,10-11H,2,4,7-9H2,1H3. The first-order valence-corrected chi connectivity index (χ1v) is 7.87. The van der Waals surface area contributed by atoms with E-state index in [2.05, 4.69) is 10.1 Å². The fourth-order valence-electron chi connectivity index (χ4n) is 2.66. The Labute approximate surface area is 127 Å². The summed E-state index contributed by atoms with van der Waals surface area (Å²) >= 11 is 1.47. The summed E-state index contributed by atoms with van der Waals surface area (Å²) in [6.45, 7) is 1.99. The highest BCUT2D eigenvalue weighted by molar-refractivity contribution is 7.09. The Hall–Kier alpha value is -1.73. The van der Waals surface area contributed by atoms with Gasteiger partial charge in [-0.25, -0.2) is 4.98 Å². The van der Waals surface area contributed by atoms with Crippen LogP contribution in [0.3, 0.4) is 0 Å². The molecular weight excluding hydrogens is 288 g/mol. The lowest BCUT2D eigenvalue weighted by Crippen LogP contribution is -2.38. The van der Waals surface area contributed by atoms with Gasteiger partial charge in [0, 0.05) is 31.4 Å². The van der Waals surface area contributed by atoms with Crippen molar-refractivity contribution in [2.45, 2.75) is 32.0 Å². The van der Waals surface area contributed by atoms with Crippen LogP contribution in [-0.4, -0.2) is 45.3 Å². The van der Waals surface area contributed by atoms with Crippen LogP contribution >= 0.6 is 11.3 Å². The molecule has 6 nitrogen and oxygen atoms in total. The number of hydrogen-bond donors (Lipinski definition) is 0. The van der Waals surface area contributed by atoms with Crippen LogP contribution in [0.1, 0.15) is 28.3 Å². The maximum atomic E-state index is 12.6. The smallest absolute Gasteiger partial charge is 0.273 e. The zero-order valence-electron chi connectivity index (χ0n) is 11.9. The summed E-state index contributed by atoms with van der Waals surface area (Å²) in [5.41, 5.74) is 0.527. The van der Waals surface area contributed by atoms with Gasteiger partial charge >= 0.3 is 0 Å². The van der Waals surface area contributed by atoms with Crippen molar-refractivity contribution in [1.82, 2.24) is 19.7 Å². The minimum atomic E-state index is 0.0169. The van der Waals surface area contributed by atoms with Gasteiger partial charge in [0.25, 0.3) is 5.91 Å². The second-order valence-electron chi connectivity index (χ2n) is 5.08. The van der Waals surface area contributed by atoms with Crippen molar-refractivity contribution >= 4 is 17.2 Å². The molecule has 2 aromatic rings. The lowest BCUT2D eigenvalue weighted by molar-refractivity contribution is 0.0716. The number of amides is 1. The number of nitrogens with zero attached hydrogens (tertiary/aromatic N) is 4. The Balaban J connectivity index is 1.70. The van der Waals surface area contributed by atoms with E-state index in [1.807, 2.05) is 27.2 Å². The number of methoxy groups -OCH3 is 1. The maximum Gasteiger partial charge on any atom is 0.273 e. The number of aromatic nitrogens is 3. The molecule has 21 heavy (non-hydrogen) atoms. The molecule has 0 N–H and O–H groups in total. The molecule has 0 spiro atoms. The van der Waals surface area contributed by atoms with Gasteiger partial charge in [-0.2, -0.15) is 5.10 Å². The van der Waals surface area contributed by atoms with Crippen LogP contribution in [0.5, 0.6) is 0 Å². The van der Waals surface area contributed by atoms with E-state index in [4.69, 9.17) is 4.74 Å². The number of ether oxygens (including phenoxy) is 1. The van der Waals surface area contributed by atoms with E-state index >= 15 is 0 Å². The number of carbonyl (C=O) groups is 1. The van der Waals surface area contributed by atoms with Crippen molar-refractivity contribution in [2.75, 3.05) is 13.7 Å². The summed E-state index contributed by atoms with van der Waals surface area (Å²) in [6, 6.07) is 2.10. The van der Waals surface area contributed by atoms with Crippen molar-refractivity contribution in [3.63, 3.8) is 0 Å². The first kappa shape index (κ1) is 14.2. The molecular formula is C14H18N4O2S. The Morgan fingerprint density at radius 2 is 2.48 bits per heavy atom. The van der Waals surface area contributed by atoms with Gasteiger partial charge in [-0.15, -0.1) is 11.3 Å². The lowest BCUT2D eigenvalue weighted by Gasteiger charge is -2.23. The Morgan fingerprint density at radius 3 is 3.24 bits per heavy atom. The van der Waals surface area contributed by atoms with E-state index in [-0.39, 0.29) is 11.9 Å². The predicted molar refractivity (Wildman–Crippen MR) is 79.1 cm³/mol. The van der Waals surface area contributed by atoms with Crippen molar-refractivity contribution in [2.24, 2.45) is 0 Å². The summed E-state index contributed by atoms with van der Waals surface area (Å²) in [6.07, 6.45) is 5.74. The fraction of sp³-hybridized carbons (Fsp3) is 0.500. The Morgan fingerprint density at radius 1 is 1.57 bits per heavy atom. The van der Waals surface area contributed by atoms with Gasteiger partial charge in [0.15, 0.2) is 0 Å². The van der Waals surface area contributed by atoms with Crippen molar-refractivity contribution in [3.8, 4) is 0 Å². The SMILES string of the molecule is COCc1nc(C(=O)N2CCCC2Cn2cccn2)cs1. The van der Waals surface area contributed by atoms with Gasteiger partial charge in [-0.1, -0.05) is 0 Å². The average molecular weight is 306 g/mol. The minimum absolute atomic E-state index is 0.0169. The van der Waals surface area contributed by atoms with Gasteiger partial charge in [-0.3, -0.25) is 9.48 Å². The van der Waals surface area contributed by atoms with Crippen LogP contribution in [0.2, 0.25) is 0 Å². The van der Waals surface area contributed by atoms with Gasteiger partial charge in [0.2, 0.25) is 0 Å². The zero-order valence-corrected chi connectivity index (χ0v) is 12.8. The molecule has 1 aliphatic rings. The molecule has 1 unspecified atom stereocenters. The van der Waals surface area contributed by atoms with E-state index in [0.717, 1.165) is 30.9 Å². The van der Waals surface area contributed by atoms with E-state index in [1.165, 1.54) is 11.3 Å². The second kappa shape index (κ2) is 6.36. The minimum Gasteiger partial charge on any atom is -0.378 e. The molecule has 0 saturated carbocycles. The molecule has 0 bridgehead atoms. The summed E-state index contributed by atoms with van der Waals surface area (Å²) < 4.78 is 6.93. The summed E-state index contributed by atoms with van der Waals surface area (Å²) in [7, 11) is 1.63. The molecule has 1 saturated heterocycles. The molecule has 7 heteroatoms. The van der Waals surface area contributed by atoms with E-state index < -0.39 is 0 Å². The van der Waals surface area contributed by atoms with E-state index in [9.17, 15) is 4.79 Å². The highest BCUT2D eigenvalue weighted by atomic mass is 32.1. The molecule has 1 aliphatic heterocycles. The molecule has 0 aromatic carbocycles. The lowest BCUT2D eigenvalue weighted by atomic mass is 10.2. The predicted octanol–water partition coefficient (Wildman–Crippen LogP) is 1.79. The molecule has 1 fully saturated rings. The quantitative estimate of drug-likeness (QED) is 0.845. The van der Waals surface area contributed by atoms with Crippen molar-refractivity contribution < 1.29 is 9.53 Å². The maximum absolute atomic E-state index is 12.6. The molecule has 3 heterocycles. The van der Waals surface area contributed by atoms with Gasteiger partial charge in [0.05, 0.1) is 19.2 Å². The first-order chi connectivity index (χ1) is 10.3. The van der Waals surface area contributed by atoms with Crippen molar-refractivity contribution in [3.05, 3.63) is 34.5 Å². The highest BCUT2D eigenvalue weighted by Gasteiger charge is 2.30. The summed E-state index contributed by atoms with van der Waals surface area (Å²) in [5.74, 6) is 0.0169. The van der Waals surface area contributed by atoms with Crippen LogP contribution < -0.4 is 0 Å². The van der Waals surface area contributed by atoms with Crippen LogP contribution in [0.15, 0.2) is 23.8 Å². The number of thiazole rings is 1. The molecule has 0 radical (unpaired) electrons. The molecule has 1 atom stereocenters. The molecule has 0 aliphatic carbocycles. The number of rotatable bonds is 5. The average Bonchev–Trinajstić information content (AvgIpc) is 3.20. The monoisotopic (exact) mass is 306 g/mol. The molecule has 1 amide bonds. The third-order valence-corrected chi connectivity index (χ3v) is 4.46. The summed E-state index contributed by atoms with van der Waals surface area (Å²) in [5, 5.41) is 6.88. The number of hydrogen-bond acceptors (Lipinski definition) is 5. The Kier molecular flexibility index (Phi) is 4.31. The van der Waals surface area contributed by atoms with Gasteiger partial charge in [0.1, 0.15) is 10.7 Å². The van der Waals surface area contributed by atoms with Crippen LogP contribution in [0, 0.1) is 0 Å². The van der Waals surface area contributed by atoms with E-state index in [1.54, 1.807) is 13.3 Å². The fourth-order valence-corrected chi connectivity index (χ4v) is 3.40. The third kappa shape index (κ3) is 3.14. The van der Waals surface area contributed by atoms with Gasteiger partial charge in [-0.05, 0) is 18.9 Å². The second-order valence-corrected chi connectivity index (χ2v) is 6.02. The van der Waals surface area contributed by atoms with Crippen LogP contribution in [-0.2, 0) is 17.9 Å². The molecule has 112 valence electrons. The van der Waals surface area contributed by atoms with Crippen LogP contribution in [0.4, 0.5) is 0 Å². The van der Waals surface area contributed by atoms with Crippen LogP contribution in [0.25, 0.3) is 0 Å². The number of carbonyl (C=O) groups excluding carboxylic acids is 1. The zero-order chi connectivity index (χ0) is 14.7. The van der Waals surface area contributed by atoms with Gasteiger partial charge < -0.3 is 9.64 Å². The first-order valence-electron chi connectivity index (χ1n) is 6.99.